The molecule has 1 saturated heterocycles. The normalized spacial score (nSPS) is 18.1. The first-order valence-corrected chi connectivity index (χ1v) is 6.45. The van der Waals surface area contributed by atoms with Gasteiger partial charge in [0.1, 0.15) is 5.15 Å². The molecule has 0 aromatic carbocycles. The van der Waals surface area contributed by atoms with Crippen LogP contribution in [0.15, 0.2) is 18.3 Å². The maximum Gasteiger partial charge on any atom is 0.309 e. The van der Waals surface area contributed by atoms with Crippen LogP contribution in [0, 0.1) is 5.41 Å². The molecule has 1 aliphatic heterocycles. The third-order valence-electron chi connectivity index (χ3n) is 3.66. The van der Waals surface area contributed by atoms with Gasteiger partial charge in [0, 0.05) is 19.3 Å². The lowest BCUT2D eigenvalue weighted by Crippen LogP contribution is -2.45. The van der Waals surface area contributed by atoms with E-state index in [1.807, 2.05) is 0 Å². The van der Waals surface area contributed by atoms with Gasteiger partial charge in [0.05, 0.1) is 11.0 Å². The molecule has 0 saturated carbocycles. The molecule has 2 rings (SSSR count). The SMILES string of the molecule is CC1(C(=O)O)CCN(C(=O)c2cccnc2Cl)CC1. The Bertz CT molecular complexity index is 510. The first kappa shape index (κ1) is 13.8. The molecular formula is C13H15ClN2O3. The number of hydrogen-bond donors (Lipinski definition) is 1. The molecule has 0 spiro atoms. The monoisotopic (exact) mass is 282 g/mol. The fourth-order valence-electron chi connectivity index (χ4n) is 2.13. The number of amides is 1. The van der Waals surface area contributed by atoms with Crippen molar-refractivity contribution in [2.75, 3.05) is 13.1 Å². The lowest BCUT2D eigenvalue weighted by molar-refractivity contribution is -0.150. The van der Waals surface area contributed by atoms with E-state index in [0.29, 0.717) is 31.5 Å². The molecule has 0 atom stereocenters. The summed E-state index contributed by atoms with van der Waals surface area (Å²) in [6.45, 7) is 2.56. The highest BCUT2D eigenvalue weighted by Crippen LogP contribution is 2.31. The molecule has 6 heteroatoms. The number of halogens is 1. The second kappa shape index (κ2) is 5.17. The van der Waals surface area contributed by atoms with Crippen molar-refractivity contribution in [1.82, 2.24) is 9.88 Å². The van der Waals surface area contributed by atoms with Gasteiger partial charge in [0.25, 0.3) is 5.91 Å². The second-order valence-electron chi connectivity index (χ2n) is 5.00. The highest BCUT2D eigenvalue weighted by molar-refractivity contribution is 6.32. The highest BCUT2D eigenvalue weighted by atomic mass is 35.5. The number of carbonyl (C=O) groups excluding carboxylic acids is 1. The Labute approximate surface area is 116 Å². The second-order valence-corrected chi connectivity index (χ2v) is 5.36. The molecule has 0 radical (unpaired) electrons. The Balaban J connectivity index is 2.08. The van der Waals surface area contributed by atoms with Crippen molar-refractivity contribution in [2.45, 2.75) is 19.8 Å². The number of pyridine rings is 1. The standard InChI is InChI=1S/C13H15ClN2O3/c1-13(12(18)19)4-7-16(8-5-13)11(17)9-3-2-6-15-10(9)14/h2-3,6H,4-5,7-8H2,1H3,(H,18,19). The van der Waals surface area contributed by atoms with Crippen LogP contribution in [0.2, 0.25) is 5.15 Å². The summed E-state index contributed by atoms with van der Waals surface area (Å²) in [5.41, 5.74) is -0.377. The minimum atomic E-state index is -0.806. The van der Waals surface area contributed by atoms with Gasteiger partial charge < -0.3 is 10.0 Å². The van der Waals surface area contributed by atoms with Gasteiger partial charge in [0.2, 0.25) is 0 Å². The van der Waals surface area contributed by atoms with E-state index in [1.54, 1.807) is 24.0 Å². The molecule has 0 unspecified atom stereocenters. The molecule has 1 N–H and O–H groups in total. The number of hydrogen-bond acceptors (Lipinski definition) is 3. The zero-order chi connectivity index (χ0) is 14.0. The van der Waals surface area contributed by atoms with Gasteiger partial charge in [-0.2, -0.15) is 0 Å². The van der Waals surface area contributed by atoms with Crippen molar-refractivity contribution in [3.8, 4) is 0 Å². The first-order valence-electron chi connectivity index (χ1n) is 6.07. The van der Waals surface area contributed by atoms with Gasteiger partial charge in [-0.25, -0.2) is 4.98 Å². The van der Waals surface area contributed by atoms with E-state index in [-0.39, 0.29) is 11.1 Å². The summed E-state index contributed by atoms with van der Waals surface area (Å²) in [6.07, 6.45) is 2.43. The summed E-state index contributed by atoms with van der Waals surface area (Å²) in [7, 11) is 0. The lowest BCUT2D eigenvalue weighted by Gasteiger charge is -2.36. The Hall–Kier alpha value is -1.62. The summed E-state index contributed by atoms with van der Waals surface area (Å²) in [5.74, 6) is -0.996. The van der Waals surface area contributed by atoms with E-state index < -0.39 is 11.4 Å². The molecule has 5 nitrogen and oxygen atoms in total. The molecule has 1 aliphatic rings. The molecule has 0 aliphatic carbocycles. The summed E-state index contributed by atoms with van der Waals surface area (Å²) in [4.78, 5) is 28.9. The zero-order valence-corrected chi connectivity index (χ0v) is 11.4. The minimum Gasteiger partial charge on any atom is -0.481 e. The molecule has 0 bridgehead atoms. The fourth-order valence-corrected chi connectivity index (χ4v) is 2.33. The number of carboxylic acids is 1. The van der Waals surface area contributed by atoms with Crippen molar-refractivity contribution in [1.29, 1.82) is 0 Å². The fraction of sp³-hybridized carbons (Fsp3) is 0.462. The summed E-state index contributed by atoms with van der Waals surface area (Å²) in [5, 5.41) is 9.33. The molecule has 1 aromatic heterocycles. The van der Waals surface area contributed by atoms with Crippen LogP contribution in [0.1, 0.15) is 30.1 Å². The summed E-state index contributed by atoms with van der Waals surface area (Å²) in [6, 6.07) is 3.28. The van der Waals surface area contributed by atoms with Crippen LogP contribution < -0.4 is 0 Å². The third-order valence-corrected chi connectivity index (χ3v) is 3.96. The van der Waals surface area contributed by atoms with E-state index in [9.17, 15) is 9.59 Å². The van der Waals surface area contributed by atoms with Gasteiger partial charge >= 0.3 is 5.97 Å². The van der Waals surface area contributed by atoms with Crippen LogP contribution in [-0.2, 0) is 4.79 Å². The molecule has 1 fully saturated rings. The highest BCUT2D eigenvalue weighted by Gasteiger charge is 2.38. The molecule has 19 heavy (non-hydrogen) atoms. The number of nitrogens with zero attached hydrogens (tertiary/aromatic N) is 2. The average Bonchev–Trinajstić information content (AvgIpc) is 2.39. The predicted octanol–water partition coefficient (Wildman–Crippen LogP) is 2.06. The molecule has 102 valence electrons. The molecular weight excluding hydrogens is 268 g/mol. The van der Waals surface area contributed by atoms with Crippen LogP contribution in [0.3, 0.4) is 0 Å². The number of piperidine rings is 1. The lowest BCUT2D eigenvalue weighted by atomic mass is 9.80. The zero-order valence-electron chi connectivity index (χ0n) is 10.6. The van der Waals surface area contributed by atoms with Crippen molar-refractivity contribution < 1.29 is 14.7 Å². The van der Waals surface area contributed by atoms with Crippen LogP contribution in [0.4, 0.5) is 0 Å². The minimum absolute atomic E-state index is 0.180. The van der Waals surface area contributed by atoms with E-state index in [0.717, 1.165) is 0 Å². The Morgan fingerprint density at radius 2 is 2.05 bits per heavy atom. The van der Waals surface area contributed by atoms with Crippen LogP contribution in [0.25, 0.3) is 0 Å². The molecule has 2 heterocycles. The predicted molar refractivity (Wildman–Crippen MR) is 70.1 cm³/mol. The van der Waals surface area contributed by atoms with Crippen molar-refractivity contribution >= 4 is 23.5 Å². The number of carbonyl (C=O) groups is 2. The van der Waals surface area contributed by atoms with Gasteiger partial charge in [-0.1, -0.05) is 11.6 Å². The van der Waals surface area contributed by atoms with Crippen LogP contribution in [-0.4, -0.2) is 40.0 Å². The van der Waals surface area contributed by atoms with Crippen molar-refractivity contribution in [3.05, 3.63) is 29.0 Å². The van der Waals surface area contributed by atoms with Crippen molar-refractivity contribution in [2.24, 2.45) is 5.41 Å². The number of rotatable bonds is 2. The smallest absolute Gasteiger partial charge is 0.309 e. The van der Waals surface area contributed by atoms with E-state index >= 15 is 0 Å². The first-order chi connectivity index (χ1) is 8.94. The third kappa shape index (κ3) is 2.71. The topological polar surface area (TPSA) is 70.5 Å². The Kier molecular flexibility index (Phi) is 3.75. The van der Waals surface area contributed by atoms with Gasteiger partial charge in [0.15, 0.2) is 0 Å². The summed E-state index contributed by atoms with van der Waals surface area (Å²) < 4.78 is 0. The van der Waals surface area contributed by atoms with E-state index in [2.05, 4.69) is 4.98 Å². The molecule has 1 amide bonds. The Morgan fingerprint density at radius 1 is 1.42 bits per heavy atom. The maximum absolute atomic E-state index is 12.3. The number of aliphatic carboxylic acids is 1. The van der Waals surface area contributed by atoms with Gasteiger partial charge in [-0.15, -0.1) is 0 Å². The molecule has 1 aromatic rings. The average molecular weight is 283 g/mol. The number of likely N-dealkylation sites (tertiary alicyclic amines) is 1. The van der Waals surface area contributed by atoms with E-state index in [4.69, 9.17) is 16.7 Å². The quantitative estimate of drug-likeness (QED) is 0.843. The maximum atomic E-state index is 12.3. The number of aromatic nitrogens is 1. The van der Waals surface area contributed by atoms with Crippen molar-refractivity contribution in [3.63, 3.8) is 0 Å². The van der Waals surface area contributed by atoms with Crippen LogP contribution >= 0.6 is 11.6 Å². The largest absolute Gasteiger partial charge is 0.481 e. The van der Waals surface area contributed by atoms with Gasteiger partial charge in [-0.3, -0.25) is 9.59 Å². The Morgan fingerprint density at radius 3 is 2.58 bits per heavy atom. The van der Waals surface area contributed by atoms with Crippen LogP contribution in [0.5, 0.6) is 0 Å². The number of carboxylic acid groups (broad SMARTS) is 1. The van der Waals surface area contributed by atoms with Gasteiger partial charge in [-0.05, 0) is 31.9 Å². The summed E-state index contributed by atoms with van der Waals surface area (Å²) >= 11 is 5.89. The van der Waals surface area contributed by atoms with E-state index in [1.165, 1.54) is 6.20 Å².